The summed E-state index contributed by atoms with van der Waals surface area (Å²) in [7, 11) is 0. The third-order valence-electron chi connectivity index (χ3n) is 4.75. The van der Waals surface area contributed by atoms with Gasteiger partial charge in [-0.05, 0) is 29.7 Å². The van der Waals surface area contributed by atoms with Crippen molar-refractivity contribution in [3.05, 3.63) is 59.7 Å². The van der Waals surface area contributed by atoms with E-state index in [9.17, 15) is 9.59 Å². The van der Waals surface area contributed by atoms with Gasteiger partial charge in [0.05, 0.1) is 25.3 Å². The molecule has 2 aromatic rings. The lowest BCUT2D eigenvalue weighted by Gasteiger charge is -2.27. The first-order valence-electron chi connectivity index (χ1n) is 9.65. The minimum Gasteiger partial charge on any atom is -0.378 e. The first-order valence-corrected chi connectivity index (χ1v) is 9.65. The molecule has 2 amide bonds. The standard InChI is InChI=1S/C22H27N3O3/c1-16(2)17-7-3-6-10-20(17)24-21(26)15-23-19-9-5-4-8-18(19)22(27)25-11-13-28-14-12-25/h3-10,16,23H,11-15H2,1-2H3,(H,24,26). The van der Waals surface area contributed by atoms with Crippen LogP contribution >= 0.6 is 0 Å². The average molecular weight is 381 g/mol. The van der Waals surface area contributed by atoms with Gasteiger partial charge >= 0.3 is 0 Å². The van der Waals surface area contributed by atoms with Crippen molar-refractivity contribution in [2.45, 2.75) is 19.8 Å². The van der Waals surface area contributed by atoms with Gasteiger partial charge in [-0.15, -0.1) is 0 Å². The Balaban J connectivity index is 1.65. The van der Waals surface area contributed by atoms with Gasteiger partial charge in [0, 0.05) is 24.5 Å². The summed E-state index contributed by atoms with van der Waals surface area (Å²) in [5.74, 6) is 0.120. The second-order valence-electron chi connectivity index (χ2n) is 7.09. The van der Waals surface area contributed by atoms with Crippen molar-refractivity contribution in [3.8, 4) is 0 Å². The molecule has 1 aliphatic heterocycles. The Hall–Kier alpha value is -2.86. The molecule has 0 unspecified atom stereocenters. The summed E-state index contributed by atoms with van der Waals surface area (Å²) in [6.45, 7) is 6.55. The SMILES string of the molecule is CC(C)c1ccccc1NC(=O)CNc1ccccc1C(=O)N1CCOCC1. The quantitative estimate of drug-likeness (QED) is 0.805. The van der Waals surface area contributed by atoms with Crippen LogP contribution in [-0.4, -0.2) is 49.6 Å². The summed E-state index contributed by atoms with van der Waals surface area (Å²) in [5, 5.41) is 6.07. The van der Waals surface area contributed by atoms with Crippen molar-refractivity contribution in [3.63, 3.8) is 0 Å². The molecular formula is C22H27N3O3. The molecule has 148 valence electrons. The maximum Gasteiger partial charge on any atom is 0.256 e. The Kier molecular flexibility index (Phi) is 6.66. The molecule has 0 saturated carbocycles. The molecule has 0 atom stereocenters. The number of ether oxygens (including phenoxy) is 1. The van der Waals surface area contributed by atoms with E-state index in [0.29, 0.717) is 43.5 Å². The van der Waals surface area contributed by atoms with Gasteiger partial charge in [-0.2, -0.15) is 0 Å². The van der Waals surface area contributed by atoms with Gasteiger partial charge in [0.1, 0.15) is 0 Å². The predicted octanol–water partition coefficient (Wildman–Crippen LogP) is 3.33. The van der Waals surface area contributed by atoms with Crippen LogP contribution in [0.15, 0.2) is 48.5 Å². The number of benzene rings is 2. The van der Waals surface area contributed by atoms with Crippen LogP contribution in [0.1, 0.15) is 35.7 Å². The van der Waals surface area contributed by atoms with Crippen LogP contribution in [-0.2, 0) is 9.53 Å². The molecule has 0 bridgehead atoms. The van der Waals surface area contributed by atoms with E-state index in [-0.39, 0.29) is 18.4 Å². The molecule has 1 fully saturated rings. The van der Waals surface area contributed by atoms with Crippen molar-refractivity contribution >= 4 is 23.2 Å². The number of hydrogen-bond donors (Lipinski definition) is 2. The van der Waals surface area contributed by atoms with Crippen LogP contribution in [0, 0.1) is 0 Å². The fourth-order valence-electron chi connectivity index (χ4n) is 3.24. The van der Waals surface area contributed by atoms with E-state index in [2.05, 4.69) is 24.5 Å². The van der Waals surface area contributed by atoms with E-state index < -0.39 is 0 Å². The number of nitrogens with one attached hydrogen (secondary N) is 2. The number of carbonyl (C=O) groups is 2. The first-order chi connectivity index (χ1) is 13.6. The minimum absolute atomic E-state index is 0.0445. The van der Waals surface area contributed by atoms with Crippen molar-refractivity contribution in [1.29, 1.82) is 0 Å². The Morgan fingerprint density at radius 3 is 2.36 bits per heavy atom. The maximum absolute atomic E-state index is 12.8. The van der Waals surface area contributed by atoms with Crippen LogP contribution in [0.25, 0.3) is 0 Å². The molecule has 1 heterocycles. The number of morpholine rings is 1. The van der Waals surface area contributed by atoms with Gasteiger partial charge in [0.15, 0.2) is 0 Å². The van der Waals surface area contributed by atoms with Crippen LogP contribution in [0.4, 0.5) is 11.4 Å². The van der Waals surface area contributed by atoms with Crippen LogP contribution in [0.5, 0.6) is 0 Å². The van der Waals surface area contributed by atoms with Gasteiger partial charge in [-0.1, -0.05) is 44.2 Å². The molecule has 2 N–H and O–H groups in total. The molecule has 6 heteroatoms. The van der Waals surface area contributed by atoms with Gasteiger partial charge in [-0.25, -0.2) is 0 Å². The summed E-state index contributed by atoms with van der Waals surface area (Å²) in [6, 6.07) is 15.1. The van der Waals surface area contributed by atoms with E-state index in [4.69, 9.17) is 4.74 Å². The lowest BCUT2D eigenvalue weighted by Crippen LogP contribution is -2.41. The summed E-state index contributed by atoms with van der Waals surface area (Å²) >= 11 is 0. The number of rotatable bonds is 6. The molecule has 0 aliphatic carbocycles. The largest absolute Gasteiger partial charge is 0.378 e. The first kappa shape index (κ1) is 19.9. The van der Waals surface area contributed by atoms with Gasteiger partial charge in [0.2, 0.25) is 5.91 Å². The molecular weight excluding hydrogens is 354 g/mol. The van der Waals surface area contributed by atoms with Crippen LogP contribution in [0.2, 0.25) is 0 Å². The Labute approximate surface area is 165 Å². The Morgan fingerprint density at radius 2 is 1.64 bits per heavy atom. The van der Waals surface area contributed by atoms with E-state index in [1.807, 2.05) is 42.5 Å². The highest BCUT2D eigenvalue weighted by Crippen LogP contribution is 2.23. The number of carbonyl (C=O) groups excluding carboxylic acids is 2. The lowest BCUT2D eigenvalue weighted by atomic mass is 10.0. The average Bonchev–Trinajstić information content (AvgIpc) is 2.73. The monoisotopic (exact) mass is 381 g/mol. The smallest absolute Gasteiger partial charge is 0.256 e. The number of hydrogen-bond acceptors (Lipinski definition) is 4. The molecule has 0 aromatic heterocycles. The predicted molar refractivity (Wildman–Crippen MR) is 111 cm³/mol. The summed E-state index contributed by atoms with van der Waals surface area (Å²) in [4.78, 5) is 27.0. The third-order valence-corrected chi connectivity index (χ3v) is 4.75. The Bertz CT molecular complexity index is 829. The molecule has 1 aliphatic rings. The molecule has 28 heavy (non-hydrogen) atoms. The summed E-state index contributed by atoms with van der Waals surface area (Å²) in [5.41, 5.74) is 3.15. The molecule has 0 spiro atoms. The highest BCUT2D eigenvalue weighted by molar-refractivity contribution is 6.01. The zero-order chi connectivity index (χ0) is 19.9. The lowest BCUT2D eigenvalue weighted by molar-refractivity contribution is -0.114. The number of anilines is 2. The van der Waals surface area contributed by atoms with Crippen molar-refractivity contribution < 1.29 is 14.3 Å². The summed E-state index contributed by atoms with van der Waals surface area (Å²) in [6.07, 6.45) is 0. The maximum atomic E-state index is 12.8. The number of amides is 2. The minimum atomic E-state index is -0.151. The zero-order valence-corrected chi connectivity index (χ0v) is 16.4. The van der Waals surface area contributed by atoms with Crippen LogP contribution < -0.4 is 10.6 Å². The topological polar surface area (TPSA) is 70.7 Å². The fourth-order valence-corrected chi connectivity index (χ4v) is 3.24. The molecule has 2 aromatic carbocycles. The van der Waals surface area contributed by atoms with E-state index >= 15 is 0 Å². The molecule has 6 nitrogen and oxygen atoms in total. The van der Waals surface area contributed by atoms with E-state index in [1.54, 1.807) is 11.0 Å². The molecule has 0 radical (unpaired) electrons. The number of para-hydroxylation sites is 2. The van der Waals surface area contributed by atoms with Crippen LogP contribution in [0.3, 0.4) is 0 Å². The molecule has 3 rings (SSSR count). The fraction of sp³-hybridized carbons (Fsp3) is 0.364. The van der Waals surface area contributed by atoms with Crippen molar-refractivity contribution in [2.75, 3.05) is 43.5 Å². The second-order valence-corrected chi connectivity index (χ2v) is 7.09. The highest BCUT2D eigenvalue weighted by atomic mass is 16.5. The highest BCUT2D eigenvalue weighted by Gasteiger charge is 2.21. The van der Waals surface area contributed by atoms with Crippen molar-refractivity contribution in [2.24, 2.45) is 0 Å². The van der Waals surface area contributed by atoms with E-state index in [1.165, 1.54) is 0 Å². The normalized spacial score (nSPS) is 14.0. The van der Waals surface area contributed by atoms with E-state index in [0.717, 1.165) is 11.3 Å². The molecule has 1 saturated heterocycles. The Morgan fingerprint density at radius 1 is 1.00 bits per heavy atom. The third kappa shape index (κ3) is 4.89. The van der Waals surface area contributed by atoms with Crippen molar-refractivity contribution in [1.82, 2.24) is 4.90 Å². The second kappa shape index (κ2) is 9.37. The van der Waals surface area contributed by atoms with Gasteiger partial charge < -0.3 is 20.3 Å². The number of nitrogens with zero attached hydrogens (tertiary/aromatic N) is 1. The summed E-state index contributed by atoms with van der Waals surface area (Å²) < 4.78 is 5.32. The zero-order valence-electron chi connectivity index (χ0n) is 16.4. The van der Waals surface area contributed by atoms with Gasteiger partial charge in [0.25, 0.3) is 5.91 Å². The van der Waals surface area contributed by atoms with Gasteiger partial charge in [-0.3, -0.25) is 9.59 Å².